The second-order valence-electron chi connectivity index (χ2n) is 22.2. The zero-order valence-corrected chi connectivity index (χ0v) is 43.6. The normalized spacial score (nSPS) is 14.6. The summed E-state index contributed by atoms with van der Waals surface area (Å²) in [5.74, 6) is 0. The van der Waals surface area contributed by atoms with Crippen LogP contribution in [-0.2, 0) is 16.2 Å². The van der Waals surface area contributed by atoms with Gasteiger partial charge in [-0.2, -0.15) is 0 Å². The molecule has 0 aromatic heterocycles. The molecule has 78 heavy (non-hydrogen) atoms. The Morgan fingerprint density at radius 3 is 1.24 bits per heavy atom. The predicted molar refractivity (Wildman–Crippen MR) is 323 cm³/mol. The van der Waals surface area contributed by atoms with E-state index in [0.29, 0.717) is 0 Å². The molecule has 0 unspecified atom stereocenters. The van der Waals surface area contributed by atoms with Crippen molar-refractivity contribution in [3.8, 4) is 66.8 Å². The molecule has 4 aliphatic rings. The van der Waals surface area contributed by atoms with Crippen molar-refractivity contribution >= 4 is 17.1 Å². The fourth-order valence-electron chi connectivity index (χ4n) is 15.1. The molecule has 0 radical (unpaired) electrons. The van der Waals surface area contributed by atoms with Crippen LogP contribution < -0.4 is 4.90 Å². The monoisotopic (exact) mass is 991 g/mol. The van der Waals surface area contributed by atoms with Crippen molar-refractivity contribution in [3.05, 3.63) is 341 Å². The number of rotatable bonds is 7. The summed E-state index contributed by atoms with van der Waals surface area (Å²) >= 11 is 0. The van der Waals surface area contributed by atoms with Gasteiger partial charge in [0.15, 0.2) is 0 Å². The Kier molecular flexibility index (Phi) is 9.58. The van der Waals surface area contributed by atoms with Crippen molar-refractivity contribution in [3.63, 3.8) is 0 Å². The molecule has 1 spiro atoms. The van der Waals surface area contributed by atoms with E-state index in [1.54, 1.807) is 0 Å². The van der Waals surface area contributed by atoms with Gasteiger partial charge in [-0.1, -0.05) is 269 Å². The van der Waals surface area contributed by atoms with Gasteiger partial charge in [0.2, 0.25) is 0 Å². The molecule has 0 aliphatic heterocycles. The molecule has 0 amide bonds. The maximum absolute atomic E-state index is 2.54. The minimum atomic E-state index is -0.502. The Morgan fingerprint density at radius 2 is 0.641 bits per heavy atom. The largest absolute Gasteiger partial charge is 0.310 e. The summed E-state index contributed by atoms with van der Waals surface area (Å²) in [4.78, 5) is 2.54. The lowest BCUT2D eigenvalue weighted by Gasteiger charge is -2.34. The van der Waals surface area contributed by atoms with E-state index in [9.17, 15) is 0 Å². The van der Waals surface area contributed by atoms with E-state index >= 15 is 0 Å². The van der Waals surface area contributed by atoms with Gasteiger partial charge in [0, 0.05) is 22.4 Å². The average molecular weight is 992 g/mol. The van der Waals surface area contributed by atoms with Crippen LogP contribution in [0.3, 0.4) is 0 Å². The Morgan fingerprint density at radius 1 is 0.244 bits per heavy atom. The van der Waals surface area contributed by atoms with Crippen LogP contribution in [0.1, 0.15) is 69.5 Å². The first-order valence-electron chi connectivity index (χ1n) is 27.5. The minimum Gasteiger partial charge on any atom is -0.310 e. The number of fused-ring (bicyclic) bond motifs is 16. The van der Waals surface area contributed by atoms with Gasteiger partial charge in [-0.3, -0.25) is 0 Å². The highest BCUT2D eigenvalue weighted by molar-refractivity contribution is 6.03. The molecule has 12 aromatic rings. The van der Waals surface area contributed by atoms with Crippen LogP contribution in [0.4, 0.5) is 17.1 Å². The lowest BCUT2D eigenvalue weighted by atomic mass is 9.67. The molecule has 12 aromatic carbocycles. The topological polar surface area (TPSA) is 3.24 Å². The first-order chi connectivity index (χ1) is 38.5. The molecule has 0 atom stereocenters. The molecular weight excluding hydrogens is 939 g/mol. The average Bonchev–Trinajstić information content (AvgIpc) is 4.37. The third kappa shape index (κ3) is 5.91. The molecule has 366 valence electrons. The van der Waals surface area contributed by atoms with Crippen molar-refractivity contribution in [1.29, 1.82) is 0 Å². The molecule has 1 heteroatoms. The molecule has 0 heterocycles. The third-order valence-corrected chi connectivity index (χ3v) is 18.2. The summed E-state index contributed by atoms with van der Waals surface area (Å²) < 4.78 is 0. The highest BCUT2D eigenvalue weighted by Crippen LogP contribution is 2.65. The second kappa shape index (κ2) is 16.7. The molecule has 0 bridgehead atoms. The smallest absolute Gasteiger partial charge is 0.0726 e. The van der Waals surface area contributed by atoms with E-state index in [1.807, 2.05) is 0 Å². The fraction of sp³-hybridized carbons (Fsp3) is 0.0649. The predicted octanol–water partition coefficient (Wildman–Crippen LogP) is 19.5. The zero-order chi connectivity index (χ0) is 51.7. The summed E-state index contributed by atoms with van der Waals surface area (Å²) in [5, 5.41) is 0. The molecular formula is C77H53N. The van der Waals surface area contributed by atoms with Crippen LogP contribution in [0, 0.1) is 0 Å². The highest BCUT2D eigenvalue weighted by Gasteiger charge is 2.53. The van der Waals surface area contributed by atoms with Gasteiger partial charge in [0.1, 0.15) is 0 Å². The van der Waals surface area contributed by atoms with Gasteiger partial charge < -0.3 is 4.90 Å². The standard InChI is InChI=1S/C77H53N/c1-75(2)63-36-14-11-31-60(63)72-56(34-20-41-68(72)75)50-45-47-54(48-46-50)78(71-44-22-43-70-74(71)62-33-13-18-40-67(62)77(70)64-37-15-9-29-58(64)59-30-10-16-38-65(59)77)55-28-19-23-51(49-55)57-35-21-42-69-73(57)61-32-12-17-39-66(61)76(69,52-24-5-3-6-25-52)53-26-7-4-8-27-53/h3-49H,1-2H3. The van der Waals surface area contributed by atoms with E-state index in [2.05, 4.69) is 304 Å². The van der Waals surface area contributed by atoms with E-state index in [4.69, 9.17) is 0 Å². The highest BCUT2D eigenvalue weighted by atomic mass is 15.1. The van der Waals surface area contributed by atoms with Crippen molar-refractivity contribution in [2.45, 2.75) is 30.1 Å². The number of hydrogen-bond acceptors (Lipinski definition) is 1. The number of nitrogens with zero attached hydrogens (tertiary/aromatic N) is 1. The molecule has 4 aliphatic carbocycles. The van der Waals surface area contributed by atoms with Gasteiger partial charge >= 0.3 is 0 Å². The molecule has 0 saturated carbocycles. The minimum absolute atomic E-state index is 0.0864. The molecule has 16 rings (SSSR count). The van der Waals surface area contributed by atoms with Crippen LogP contribution in [-0.4, -0.2) is 0 Å². The van der Waals surface area contributed by atoms with Gasteiger partial charge in [0.05, 0.1) is 16.5 Å². The van der Waals surface area contributed by atoms with E-state index in [1.165, 1.54) is 122 Å². The zero-order valence-electron chi connectivity index (χ0n) is 43.6. The molecule has 0 N–H and O–H groups in total. The van der Waals surface area contributed by atoms with Gasteiger partial charge in [-0.25, -0.2) is 0 Å². The first kappa shape index (κ1) is 44.7. The molecule has 0 fully saturated rings. The number of hydrogen-bond donors (Lipinski definition) is 0. The van der Waals surface area contributed by atoms with Crippen molar-refractivity contribution < 1.29 is 0 Å². The van der Waals surface area contributed by atoms with Crippen LogP contribution in [0.25, 0.3) is 66.8 Å². The maximum atomic E-state index is 2.54. The van der Waals surface area contributed by atoms with Crippen LogP contribution >= 0.6 is 0 Å². The maximum Gasteiger partial charge on any atom is 0.0726 e. The number of anilines is 3. The van der Waals surface area contributed by atoms with Gasteiger partial charge in [-0.15, -0.1) is 0 Å². The van der Waals surface area contributed by atoms with Crippen LogP contribution in [0.5, 0.6) is 0 Å². The third-order valence-electron chi connectivity index (χ3n) is 18.2. The van der Waals surface area contributed by atoms with E-state index in [0.717, 1.165) is 17.1 Å². The summed E-state index contributed by atoms with van der Waals surface area (Å²) in [7, 11) is 0. The molecule has 0 saturated heterocycles. The lowest BCUT2D eigenvalue weighted by molar-refractivity contribution is 0.660. The summed E-state index contributed by atoms with van der Waals surface area (Å²) in [6.07, 6.45) is 0. The summed E-state index contributed by atoms with van der Waals surface area (Å²) in [5.41, 5.74) is 30.7. The summed E-state index contributed by atoms with van der Waals surface area (Å²) in [6.45, 7) is 4.73. The van der Waals surface area contributed by atoms with Crippen molar-refractivity contribution in [2.24, 2.45) is 0 Å². The number of benzene rings is 12. The van der Waals surface area contributed by atoms with Crippen molar-refractivity contribution in [1.82, 2.24) is 0 Å². The lowest BCUT2D eigenvalue weighted by Crippen LogP contribution is -2.28. The van der Waals surface area contributed by atoms with Gasteiger partial charge in [0.25, 0.3) is 0 Å². The molecule has 1 nitrogen and oxygen atoms in total. The Balaban J connectivity index is 0.926. The Hall–Kier alpha value is -9.56. The van der Waals surface area contributed by atoms with Crippen LogP contribution in [0.15, 0.2) is 285 Å². The summed E-state index contributed by atoms with van der Waals surface area (Å²) in [6, 6.07) is 107. The Labute approximate surface area is 457 Å². The quantitative estimate of drug-likeness (QED) is 0.154. The van der Waals surface area contributed by atoms with Crippen LogP contribution in [0.2, 0.25) is 0 Å². The SMILES string of the molecule is CC1(C)c2ccccc2-c2c(-c3ccc(N(c4cccc(-c5cccc6c5-c5ccccc5C6(c5ccccc5)c5ccccc5)c4)c4cccc5c4-c4ccccc4C54c5ccccc5-c5ccccc54)cc3)cccc21. The Bertz CT molecular complexity index is 4320. The fourth-order valence-corrected chi connectivity index (χ4v) is 15.1. The van der Waals surface area contributed by atoms with Gasteiger partial charge in [-0.05, 0) is 147 Å². The van der Waals surface area contributed by atoms with E-state index in [-0.39, 0.29) is 5.41 Å². The second-order valence-corrected chi connectivity index (χ2v) is 22.2. The van der Waals surface area contributed by atoms with E-state index < -0.39 is 10.8 Å². The van der Waals surface area contributed by atoms with Crippen molar-refractivity contribution in [2.75, 3.05) is 4.90 Å². The first-order valence-corrected chi connectivity index (χ1v) is 27.5.